The van der Waals surface area contributed by atoms with E-state index < -0.39 is 0 Å². The lowest BCUT2D eigenvalue weighted by molar-refractivity contribution is 0.120. The second-order valence-corrected chi connectivity index (χ2v) is 8.36. The maximum atomic E-state index is 6.49. The van der Waals surface area contributed by atoms with Crippen molar-refractivity contribution in [3.8, 4) is 0 Å². The van der Waals surface area contributed by atoms with Crippen molar-refractivity contribution in [3.63, 3.8) is 0 Å². The Hall–Kier alpha value is -0.240. The van der Waals surface area contributed by atoms with Crippen LogP contribution in [-0.4, -0.2) is 12.1 Å². The topological polar surface area (TPSA) is 12.0 Å². The second kappa shape index (κ2) is 6.48. The Morgan fingerprint density at radius 2 is 1.76 bits per heavy atom. The van der Waals surface area contributed by atoms with E-state index in [1.165, 1.54) is 25.7 Å². The molecule has 0 radical (unpaired) electrons. The van der Waals surface area contributed by atoms with Crippen molar-refractivity contribution in [2.24, 2.45) is 5.92 Å². The van der Waals surface area contributed by atoms with Crippen molar-refractivity contribution in [1.82, 2.24) is 5.32 Å². The van der Waals surface area contributed by atoms with Crippen LogP contribution in [0.1, 0.15) is 58.9 Å². The Balaban J connectivity index is 2.25. The number of hydrogen-bond acceptors (Lipinski definition) is 1. The summed E-state index contributed by atoms with van der Waals surface area (Å²) in [6.07, 6.45) is 4.93. The van der Waals surface area contributed by atoms with E-state index in [0.717, 1.165) is 28.1 Å². The summed E-state index contributed by atoms with van der Waals surface area (Å²) in [5.74, 6) is 0.809. The van der Waals surface area contributed by atoms with E-state index in [1.807, 2.05) is 18.2 Å². The van der Waals surface area contributed by atoms with E-state index in [4.69, 9.17) is 23.2 Å². The molecule has 1 aromatic rings. The molecule has 1 nitrogen and oxygen atoms in total. The molecule has 1 fully saturated rings. The molecule has 0 aliphatic heterocycles. The van der Waals surface area contributed by atoms with E-state index in [-0.39, 0.29) is 11.0 Å². The van der Waals surface area contributed by atoms with Crippen molar-refractivity contribution in [3.05, 3.63) is 33.8 Å². The van der Waals surface area contributed by atoms with Crippen LogP contribution in [0.3, 0.4) is 0 Å². The van der Waals surface area contributed by atoms with Gasteiger partial charge >= 0.3 is 0 Å². The van der Waals surface area contributed by atoms with E-state index in [9.17, 15) is 0 Å². The summed E-state index contributed by atoms with van der Waals surface area (Å²) in [5, 5.41) is 5.29. The molecule has 1 saturated carbocycles. The lowest BCUT2D eigenvalue weighted by Gasteiger charge is -2.50. The molecule has 1 N–H and O–H groups in total. The number of benzene rings is 1. The molecule has 0 saturated heterocycles. The Labute approximate surface area is 139 Å². The highest BCUT2D eigenvalue weighted by molar-refractivity contribution is 6.36. The number of hydrogen-bond donors (Lipinski definition) is 1. The Bertz CT molecular complexity index is 464. The van der Waals surface area contributed by atoms with Crippen molar-refractivity contribution in [1.29, 1.82) is 0 Å². The third-order valence-electron chi connectivity index (χ3n) is 4.51. The van der Waals surface area contributed by atoms with Crippen molar-refractivity contribution in [2.75, 3.05) is 6.54 Å². The molecular weight excluding hydrogens is 301 g/mol. The van der Waals surface area contributed by atoms with Crippen LogP contribution in [0.15, 0.2) is 18.2 Å². The molecule has 0 aromatic heterocycles. The average molecular weight is 328 g/mol. The first-order valence-electron chi connectivity index (χ1n) is 7.97. The highest BCUT2D eigenvalue weighted by Crippen LogP contribution is 2.53. The number of nitrogens with one attached hydrogen (secondary N) is 1. The first-order valence-corrected chi connectivity index (χ1v) is 8.72. The third-order valence-corrected chi connectivity index (χ3v) is 5.14. The summed E-state index contributed by atoms with van der Waals surface area (Å²) in [7, 11) is 0. The third kappa shape index (κ3) is 3.94. The molecule has 3 heteroatoms. The van der Waals surface area contributed by atoms with Crippen LogP contribution in [0.4, 0.5) is 0 Å². The molecule has 2 rings (SSSR count). The predicted molar refractivity (Wildman–Crippen MR) is 93.5 cm³/mol. The van der Waals surface area contributed by atoms with Crippen LogP contribution in [0.5, 0.6) is 0 Å². The molecule has 1 aliphatic carbocycles. The van der Waals surface area contributed by atoms with Crippen LogP contribution in [0.25, 0.3) is 0 Å². The molecule has 1 aromatic carbocycles. The fraction of sp³-hybridized carbons (Fsp3) is 0.667. The van der Waals surface area contributed by atoms with Gasteiger partial charge in [0, 0.05) is 27.5 Å². The molecule has 0 unspecified atom stereocenters. The summed E-state index contributed by atoms with van der Waals surface area (Å²) in [6, 6.07) is 5.87. The maximum absolute atomic E-state index is 6.49. The van der Waals surface area contributed by atoms with Crippen LogP contribution in [-0.2, 0) is 5.41 Å². The standard InChI is InChI=1S/C18H27Cl2N/c1-5-7-13-10-18(11-13,12-21-17(2,3)4)16-14(19)8-6-9-15(16)20/h6,8-9,13,21H,5,7,10-12H2,1-4H3. The van der Waals surface area contributed by atoms with Crippen LogP contribution < -0.4 is 5.32 Å². The summed E-state index contributed by atoms with van der Waals surface area (Å²) in [5.41, 5.74) is 1.36. The van der Waals surface area contributed by atoms with E-state index in [1.54, 1.807) is 0 Å². The first kappa shape index (κ1) is 17.1. The van der Waals surface area contributed by atoms with Gasteiger partial charge in [-0.1, -0.05) is 49.0 Å². The lowest BCUT2D eigenvalue weighted by atomic mass is 9.57. The number of halogens is 2. The molecule has 0 bridgehead atoms. The van der Waals surface area contributed by atoms with E-state index >= 15 is 0 Å². The molecule has 0 heterocycles. The normalized spacial score (nSPS) is 25.7. The van der Waals surface area contributed by atoms with Crippen molar-refractivity contribution in [2.45, 2.75) is 64.3 Å². The molecule has 0 spiro atoms. The highest BCUT2D eigenvalue weighted by atomic mass is 35.5. The van der Waals surface area contributed by atoms with Gasteiger partial charge in [0.1, 0.15) is 0 Å². The van der Waals surface area contributed by atoms with Gasteiger partial charge in [-0.25, -0.2) is 0 Å². The van der Waals surface area contributed by atoms with Gasteiger partial charge in [-0.2, -0.15) is 0 Å². The molecule has 118 valence electrons. The number of rotatable bonds is 5. The van der Waals surface area contributed by atoms with Crippen LogP contribution in [0.2, 0.25) is 10.0 Å². The Kier molecular flexibility index (Phi) is 5.28. The van der Waals surface area contributed by atoms with Gasteiger partial charge in [-0.3, -0.25) is 0 Å². The van der Waals surface area contributed by atoms with Crippen molar-refractivity contribution < 1.29 is 0 Å². The zero-order chi connectivity index (χ0) is 15.7. The minimum atomic E-state index is 0.0997. The summed E-state index contributed by atoms with van der Waals surface area (Å²) >= 11 is 13.0. The monoisotopic (exact) mass is 327 g/mol. The quantitative estimate of drug-likeness (QED) is 0.717. The Morgan fingerprint density at radius 1 is 1.19 bits per heavy atom. The molecule has 0 atom stereocenters. The minimum Gasteiger partial charge on any atom is -0.311 e. The zero-order valence-electron chi connectivity index (χ0n) is 13.6. The average Bonchev–Trinajstić information content (AvgIpc) is 2.32. The van der Waals surface area contributed by atoms with Gasteiger partial charge < -0.3 is 5.32 Å². The summed E-state index contributed by atoms with van der Waals surface area (Å²) in [6.45, 7) is 9.82. The van der Waals surface area contributed by atoms with Gasteiger partial charge in [0.25, 0.3) is 0 Å². The SMILES string of the molecule is CCCC1CC(CNC(C)(C)C)(c2c(Cl)cccc2Cl)C1. The zero-order valence-corrected chi connectivity index (χ0v) is 15.1. The van der Waals surface area contributed by atoms with Crippen molar-refractivity contribution >= 4 is 23.2 Å². The van der Waals surface area contributed by atoms with E-state index in [0.29, 0.717) is 0 Å². The molecule has 21 heavy (non-hydrogen) atoms. The first-order chi connectivity index (χ1) is 9.77. The van der Waals surface area contributed by atoms with Gasteiger partial charge in [0.15, 0.2) is 0 Å². The van der Waals surface area contributed by atoms with Crippen LogP contribution in [0, 0.1) is 5.92 Å². The highest BCUT2D eigenvalue weighted by Gasteiger charge is 2.47. The van der Waals surface area contributed by atoms with Gasteiger partial charge in [0.05, 0.1) is 0 Å². The molecule has 0 amide bonds. The second-order valence-electron chi connectivity index (χ2n) is 7.54. The van der Waals surface area contributed by atoms with Gasteiger partial charge in [-0.05, 0) is 57.2 Å². The smallest absolute Gasteiger partial charge is 0.0459 e. The molecular formula is C18H27Cl2N. The summed E-state index contributed by atoms with van der Waals surface area (Å²) < 4.78 is 0. The summed E-state index contributed by atoms with van der Waals surface area (Å²) in [4.78, 5) is 0. The fourth-order valence-electron chi connectivity index (χ4n) is 3.53. The van der Waals surface area contributed by atoms with Crippen LogP contribution >= 0.6 is 23.2 Å². The minimum absolute atomic E-state index is 0.0997. The predicted octanol–water partition coefficient (Wildman–Crippen LogP) is 5.83. The van der Waals surface area contributed by atoms with Gasteiger partial charge in [-0.15, -0.1) is 0 Å². The van der Waals surface area contributed by atoms with Gasteiger partial charge in [0.2, 0.25) is 0 Å². The maximum Gasteiger partial charge on any atom is 0.0459 e. The van der Waals surface area contributed by atoms with E-state index in [2.05, 4.69) is 33.0 Å². The molecule has 1 aliphatic rings. The Morgan fingerprint density at radius 3 is 2.24 bits per heavy atom. The lowest BCUT2D eigenvalue weighted by Crippen LogP contribution is -2.52. The fourth-order valence-corrected chi connectivity index (χ4v) is 4.33. The largest absolute Gasteiger partial charge is 0.311 e.